The molecule has 0 saturated carbocycles. The van der Waals surface area contributed by atoms with Crippen LogP contribution in [0.2, 0.25) is 0 Å². The Balaban J connectivity index is 1.81. The van der Waals surface area contributed by atoms with E-state index in [0.29, 0.717) is 13.0 Å². The van der Waals surface area contributed by atoms with E-state index in [-0.39, 0.29) is 5.91 Å². The van der Waals surface area contributed by atoms with Gasteiger partial charge in [0.25, 0.3) is 0 Å². The number of nitrogens with one attached hydrogen (secondary N) is 1. The van der Waals surface area contributed by atoms with E-state index in [0.717, 1.165) is 23.4 Å². The summed E-state index contributed by atoms with van der Waals surface area (Å²) in [5.74, 6) is 0.813. The zero-order valence-corrected chi connectivity index (χ0v) is 12.2. The summed E-state index contributed by atoms with van der Waals surface area (Å²) in [6.45, 7) is 6.27. The molecule has 4 heteroatoms. The SMILES string of the molecule is Cc1cccc(CCC(=O)NCc2c(C)noc2C)c1. The van der Waals surface area contributed by atoms with E-state index < -0.39 is 0 Å². The summed E-state index contributed by atoms with van der Waals surface area (Å²) in [4.78, 5) is 11.9. The topological polar surface area (TPSA) is 55.1 Å². The van der Waals surface area contributed by atoms with E-state index in [4.69, 9.17) is 4.52 Å². The molecular weight excluding hydrogens is 252 g/mol. The van der Waals surface area contributed by atoms with Gasteiger partial charge in [-0.25, -0.2) is 0 Å². The summed E-state index contributed by atoms with van der Waals surface area (Å²) in [6.07, 6.45) is 1.25. The zero-order valence-electron chi connectivity index (χ0n) is 12.2. The van der Waals surface area contributed by atoms with Gasteiger partial charge in [0.2, 0.25) is 5.91 Å². The van der Waals surface area contributed by atoms with Gasteiger partial charge in [-0.2, -0.15) is 0 Å². The van der Waals surface area contributed by atoms with Gasteiger partial charge in [0.15, 0.2) is 0 Å². The highest BCUT2D eigenvalue weighted by atomic mass is 16.5. The third kappa shape index (κ3) is 3.70. The minimum absolute atomic E-state index is 0.0477. The van der Waals surface area contributed by atoms with Crippen LogP contribution in [0.1, 0.15) is 34.6 Å². The number of hydrogen-bond acceptors (Lipinski definition) is 3. The quantitative estimate of drug-likeness (QED) is 0.910. The van der Waals surface area contributed by atoms with Crippen molar-refractivity contribution in [2.75, 3.05) is 0 Å². The van der Waals surface area contributed by atoms with Gasteiger partial charge in [-0.3, -0.25) is 4.79 Å². The number of carbonyl (C=O) groups is 1. The second kappa shape index (κ2) is 6.37. The first kappa shape index (κ1) is 14.3. The van der Waals surface area contributed by atoms with Crippen molar-refractivity contribution >= 4 is 5.91 Å². The largest absolute Gasteiger partial charge is 0.361 e. The molecule has 0 bridgehead atoms. The minimum atomic E-state index is 0.0477. The van der Waals surface area contributed by atoms with Crippen LogP contribution in [0.5, 0.6) is 0 Å². The Hall–Kier alpha value is -2.10. The Morgan fingerprint density at radius 3 is 2.75 bits per heavy atom. The second-order valence-corrected chi connectivity index (χ2v) is 5.07. The average molecular weight is 272 g/mol. The molecule has 1 heterocycles. The molecule has 0 radical (unpaired) electrons. The molecule has 106 valence electrons. The molecule has 4 nitrogen and oxygen atoms in total. The van der Waals surface area contributed by atoms with Crippen LogP contribution < -0.4 is 5.32 Å². The van der Waals surface area contributed by atoms with Crippen LogP contribution in [0.25, 0.3) is 0 Å². The van der Waals surface area contributed by atoms with Crippen LogP contribution in [0.4, 0.5) is 0 Å². The molecule has 2 aromatic rings. The summed E-state index contributed by atoms with van der Waals surface area (Å²) in [5.41, 5.74) is 4.21. The number of rotatable bonds is 5. The van der Waals surface area contributed by atoms with E-state index >= 15 is 0 Å². The number of amides is 1. The van der Waals surface area contributed by atoms with Gasteiger partial charge in [-0.15, -0.1) is 0 Å². The first-order valence-electron chi connectivity index (χ1n) is 6.80. The molecule has 0 aliphatic carbocycles. The summed E-state index contributed by atoms with van der Waals surface area (Å²) < 4.78 is 5.07. The van der Waals surface area contributed by atoms with E-state index in [9.17, 15) is 4.79 Å². The van der Waals surface area contributed by atoms with Crippen LogP contribution in [0.3, 0.4) is 0 Å². The lowest BCUT2D eigenvalue weighted by molar-refractivity contribution is -0.121. The smallest absolute Gasteiger partial charge is 0.220 e. The molecule has 1 aromatic carbocycles. The molecule has 0 spiro atoms. The van der Waals surface area contributed by atoms with Gasteiger partial charge in [0, 0.05) is 18.5 Å². The molecule has 1 N–H and O–H groups in total. The highest BCUT2D eigenvalue weighted by molar-refractivity contribution is 5.76. The van der Waals surface area contributed by atoms with Crippen LogP contribution in [0.15, 0.2) is 28.8 Å². The average Bonchev–Trinajstić information content (AvgIpc) is 2.74. The Labute approximate surface area is 119 Å². The first-order chi connectivity index (χ1) is 9.56. The van der Waals surface area contributed by atoms with Crippen molar-refractivity contribution in [1.82, 2.24) is 10.5 Å². The Morgan fingerprint density at radius 1 is 1.30 bits per heavy atom. The van der Waals surface area contributed by atoms with E-state index in [1.807, 2.05) is 19.9 Å². The number of nitrogens with zero attached hydrogens (tertiary/aromatic N) is 1. The monoisotopic (exact) mass is 272 g/mol. The number of aryl methyl sites for hydroxylation is 4. The van der Waals surface area contributed by atoms with Crippen molar-refractivity contribution in [2.45, 2.75) is 40.2 Å². The highest BCUT2D eigenvalue weighted by Gasteiger charge is 2.10. The number of carbonyl (C=O) groups excluding carboxylic acids is 1. The summed E-state index contributed by atoms with van der Waals surface area (Å²) >= 11 is 0. The van der Waals surface area contributed by atoms with Crippen LogP contribution in [-0.4, -0.2) is 11.1 Å². The van der Waals surface area contributed by atoms with Crippen molar-refractivity contribution in [2.24, 2.45) is 0 Å². The highest BCUT2D eigenvalue weighted by Crippen LogP contribution is 2.12. The number of aromatic nitrogens is 1. The molecule has 0 aliphatic rings. The molecule has 2 rings (SSSR count). The molecule has 1 amide bonds. The normalized spacial score (nSPS) is 10.6. The zero-order chi connectivity index (χ0) is 14.5. The Bertz CT molecular complexity index is 583. The Morgan fingerprint density at radius 2 is 2.10 bits per heavy atom. The van der Waals surface area contributed by atoms with Crippen LogP contribution in [-0.2, 0) is 17.8 Å². The summed E-state index contributed by atoms with van der Waals surface area (Å²) in [7, 11) is 0. The fraction of sp³-hybridized carbons (Fsp3) is 0.375. The van der Waals surface area contributed by atoms with Crippen molar-refractivity contribution in [3.05, 3.63) is 52.4 Å². The predicted molar refractivity (Wildman–Crippen MR) is 77.3 cm³/mol. The van der Waals surface area contributed by atoms with E-state index in [2.05, 4.69) is 35.6 Å². The third-order valence-corrected chi connectivity index (χ3v) is 3.37. The fourth-order valence-electron chi connectivity index (χ4n) is 2.16. The first-order valence-corrected chi connectivity index (χ1v) is 6.80. The molecule has 1 aromatic heterocycles. The van der Waals surface area contributed by atoms with Crippen LogP contribution in [0, 0.1) is 20.8 Å². The molecule has 0 fully saturated rings. The maximum absolute atomic E-state index is 11.9. The van der Waals surface area contributed by atoms with Crippen molar-refractivity contribution in [1.29, 1.82) is 0 Å². The van der Waals surface area contributed by atoms with Gasteiger partial charge >= 0.3 is 0 Å². The number of benzene rings is 1. The van der Waals surface area contributed by atoms with Crippen molar-refractivity contribution in [3.8, 4) is 0 Å². The molecule has 0 atom stereocenters. The third-order valence-electron chi connectivity index (χ3n) is 3.37. The molecule has 0 saturated heterocycles. The maximum atomic E-state index is 11.9. The lowest BCUT2D eigenvalue weighted by atomic mass is 10.1. The standard InChI is InChI=1S/C16H20N2O2/c1-11-5-4-6-14(9-11)7-8-16(19)17-10-15-12(2)18-20-13(15)3/h4-6,9H,7-8,10H2,1-3H3,(H,17,19). The lowest BCUT2D eigenvalue weighted by Gasteiger charge is -2.05. The molecule has 0 aliphatic heterocycles. The van der Waals surface area contributed by atoms with Gasteiger partial charge in [-0.1, -0.05) is 35.0 Å². The predicted octanol–water partition coefficient (Wildman–Crippen LogP) is 2.85. The lowest BCUT2D eigenvalue weighted by Crippen LogP contribution is -2.23. The Kier molecular flexibility index (Phi) is 4.56. The number of hydrogen-bond donors (Lipinski definition) is 1. The van der Waals surface area contributed by atoms with Crippen molar-refractivity contribution < 1.29 is 9.32 Å². The molecular formula is C16H20N2O2. The minimum Gasteiger partial charge on any atom is -0.361 e. The summed E-state index contributed by atoms with van der Waals surface area (Å²) in [5, 5.41) is 6.78. The van der Waals surface area contributed by atoms with Gasteiger partial charge < -0.3 is 9.84 Å². The van der Waals surface area contributed by atoms with Crippen LogP contribution >= 0.6 is 0 Å². The van der Waals surface area contributed by atoms with Gasteiger partial charge in [-0.05, 0) is 32.8 Å². The maximum Gasteiger partial charge on any atom is 0.220 e. The molecule has 0 unspecified atom stereocenters. The summed E-state index contributed by atoms with van der Waals surface area (Å²) in [6, 6.07) is 8.24. The van der Waals surface area contributed by atoms with E-state index in [1.54, 1.807) is 0 Å². The van der Waals surface area contributed by atoms with Gasteiger partial charge in [0.05, 0.1) is 5.69 Å². The van der Waals surface area contributed by atoms with Gasteiger partial charge in [0.1, 0.15) is 5.76 Å². The molecule has 20 heavy (non-hydrogen) atoms. The second-order valence-electron chi connectivity index (χ2n) is 5.07. The van der Waals surface area contributed by atoms with E-state index in [1.165, 1.54) is 11.1 Å². The van der Waals surface area contributed by atoms with Crippen molar-refractivity contribution in [3.63, 3.8) is 0 Å². The fourth-order valence-corrected chi connectivity index (χ4v) is 2.16.